The maximum Gasteiger partial charge on any atom is 0.326 e. The minimum atomic E-state index is -0.875. The number of carbonyl (C=O) groups excluding carboxylic acids is 1. The predicted octanol–water partition coefficient (Wildman–Crippen LogP) is 2.26. The number of primary amides is 1. The van der Waals surface area contributed by atoms with E-state index in [-0.39, 0.29) is 11.3 Å². The van der Waals surface area contributed by atoms with Gasteiger partial charge in [-0.15, -0.1) is 0 Å². The maximum absolute atomic E-state index is 12.9. The van der Waals surface area contributed by atoms with Crippen LogP contribution < -0.4 is 17.0 Å². The van der Waals surface area contributed by atoms with Gasteiger partial charge in [-0.2, -0.15) is 0 Å². The van der Waals surface area contributed by atoms with Crippen molar-refractivity contribution in [2.24, 2.45) is 5.73 Å². The lowest BCUT2D eigenvalue weighted by molar-refractivity contribution is 0.0993. The van der Waals surface area contributed by atoms with Gasteiger partial charge in [-0.05, 0) is 28.3 Å². The van der Waals surface area contributed by atoms with Gasteiger partial charge < -0.3 is 15.7 Å². The number of fused-ring (bicyclic) bond motifs is 4. The van der Waals surface area contributed by atoms with Gasteiger partial charge in [0.25, 0.3) is 11.5 Å². The van der Waals surface area contributed by atoms with E-state index >= 15 is 0 Å². The number of amides is 1. The van der Waals surface area contributed by atoms with Crippen molar-refractivity contribution in [3.8, 4) is 22.5 Å². The first kappa shape index (κ1) is 18.9. The van der Waals surface area contributed by atoms with Crippen molar-refractivity contribution in [2.45, 2.75) is 5.92 Å². The molecule has 1 atom stereocenters. The fraction of sp³-hybridized carbons (Fsp3) is 0.0417. The molecule has 1 unspecified atom stereocenters. The number of nitrogens with one attached hydrogen (secondary N) is 3. The van der Waals surface area contributed by atoms with Crippen LogP contribution in [-0.2, 0) is 0 Å². The van der Waals surface area contributed by atoms with Crippen LogP contribution in [0.15, 0.2) is 70.5 Å². The molecule has 9 heteroatoms. The number of benzene rings is 2. The number of nitrogens with two attached hydrogens (primary N) is 1. The number of hydrogen-bond donors (Lipinski definition) is 4. The van der Waals surface area contributed by atoms with E-state index in [1.54, 1.807) is 12.4 Å². The molecular weight excluding hydrogens is 420 g/mol. The van der Waals surface area contributed by atoms with Gasteiger partial charge in [-0.3, -0.25) is 19.6 Å². The average molecular weight is 436 g/mol. The first-order valence-corrected chi connectivity index (χ1v) is 10.2. The van der Waals surface area contributed by atoms with E-state index in [4.69, 9.17) is 10.7 Å². The molecule has 0 saturated heterocycles. The minimum absolute atomic E-state index is 0.110. The predicted molar refractivity (Wildman–Crippen MR) is 122 cm³/mol. The van der Waals surface area contributed by atoms with Crippen LogP contribution in [0, 0.1) is 0 Å². The average Bonchev–Trinajstić information content (AvgIpc) is 3.38. The van der Waals surface area contributed by atoms with E-state index in [0.717, 1.165) is 38.9 Å². The Kier molecular flexibility index (Phi) is 3.94. The summed E-state index contributed by atoms with van der Waals surface area (Å²) in [5.74, 6) is -0.804. The SMILES string of the molecule is NC(=O)c1[nH]c(=O)[nH]c(=O)c1C1c2ccccc2-c2c(-c3nc4ccncc4[nH]3)cccc21. The quantitative estimate of drug-likeness (QED) is 0.336. The van der Waals surface area contributed by atoms with Gasteiger partial charge in [0.05, 0.1) is 22.8 Å². The molecule has 1 aliphatic carbocycles. The number of carbonyl (C=O) groups is 1. The number of H-pyrrole nitrogens is 3. The fourth-order valence-electron chi connectivity index (χ4n) is 4.71. The topological polar surface area (TPSA) is 150 Å². The number of nitrogens with zero attached hydrogens (tertiary/aromatic N) is 2. The Hall–Kier alpha value is -4.79. The lowest BCUT2D eigenvalue weighted by Gasteiger charge is -2.16. The smallest absolute Gasteiger partial charge is 0.326 e. The van der Waals surface area contributed by atoms with Gasteiger partial charge in [0, 0.05) is 17.7 Å². The van der Waals surface area contributed by atoms with Crippen molar-refractivity contribution in [1.82, 2.24) is 24.9 Å². The van der Waals surface area contributed by atoms with Crippen LogP contribution >= 0.6 is 0 Å². The summed E-state index contributed by atoms with van der Waals surface area (Å²) in [5, 5.41) is 0. The Balaban J connectivity index is 1.67. The number of rotatable bonds is 3. The molecule has 33 heavy (non-hydrogen) atoms. The first-order valence-electron chi connectivity index (χ1n) is 10.2. The monoisotopic (exact) mass is 436 g/mol. The zero-order chi connectivity index (χ0) is 22.7. The molecule has 1 aliphatic rings. The standard InChI is InChI=1S/C24H16N6O3/c25-21(31)20-19(23(32)30-24(33)29-20)18-12-5-2-1-4-11(12)17-13(18)6-3-7-14(17)22-27-15-8-9-26-10-16(15)28-22/h1-10,18H,(H2,25,31)(H,27,28)(H2,29,30,32,33). The number of aromatic nitrogens is 5. The van der Waals surface area contributed by atoms with E-state index in [1.807, 2.05) is 48.5 Å². The molecule has 0 aliphatic heterocycles. The van der Waals surface area contributed by atoms with E-state index in [0.29, 0.717) is 5.82 Å². The zero-order valence-electron chi connectivity index (χ0n) is 17.0. The molecular formula is C24H16N6O3. The lowest BCUT2D eigenvalue weighted by atomic mass is 9.88. The van der Waals surface area contributed by atoms with Gasteiger partial charge in [-0.1, -0.05) is 42.5 Å². The summed E-state index contributed by atoms with van der Waals surface area (Å²) in [6.45, 7) is 0. The Morgan fingerprint density at radius 1 is 0.909 bits per heavy atom. The molecule has 9 nitrogen and oxygen atoms in total. The maximum atomic E-state index is 12.9. The summed E-state index contributed by atoms with van der Waals surface area (Å²) in [4.78, 5) is 53.8. The van der Waals surface area contributed by atoms with Gasteiger partial charge in [-0.25, -0.2) is 9.78 Å². The molecule has 0 saturated carbocycles. The second-order valence-corrected chi connectivity index (χ2v) is 7.83. The molecule has 0 bridgehead atoms. The summed E-state index contributed by atoms with van der Waals surface area (Å²) < 4.78 is 0. The second-order valence-electron chi connectivity index (χ2n) is 7.83. The van der Waals surface area contributed by atoms with Crippen LogP contribution in [-0.4, -0.2) is 30.8 Å². The van der Waals surface area contributed by atoms with Gasteiger partial charge in [0.15, 0.2) is 0 Å². The molecule has 6 rings (SSSR count). The third-order valence-corrected chi connectivity index (χ3v) is 6.00. The summed E-state index contributed by atoms with van der Waals surface area (Å²) in [6.07, 6.45) is 3.40. The van der Waals surface area contributed by atoms with Gasteiger partial charge >= 0.3 is 5.69 Å². The molecule has 3 heterocycles. The number of aromatic amines is 3. The highest BCUT2D eigenvalue weighted by molar-refractivity contribution is 5.96. The molecule has 5 N–H and O–H groups in total. The Morgan fingerprint density at radius 2 is 1.70 bits per heavy atom. The summed E-state index contributed by atoms with van der Waals surface area (Å²) in [7, 11) is 0. The first-order chi connectivity index (χ1) is 16.0. The van der Waals surface area contributed by atoms with E-state index in [2.05, 4.69) is 19.9 Å². The molecule has 0 fully saturated rings. The summed E-state index contributed by atoms with van der Waals surface area (Å²) in [6, 6.07) is 15.2. The van der Waals surface area contributed by atoms with Gasteiger partial charge in [0.2, 0.25) is 0 Å². The molecule has 5 aromatic rings. The molecule has 2 aromatic carbocycles. The van der Waals surface area contributed by atoms with Gasteiger partial charge in [0.1, 0.15) is 11.5 Å². The van der Waals surface area contributed by atoms with Crippen LogP contribution in [0.4, 0.5) is 0 Å². The van der Waals surface area contributed by atoms with Crippen molar-refractivity contribution in [1.29, 1.82) is 0 Å². The van der Waals surface area contributed by atoms with Crippen molar-refractivity contribution in [3.63, 3.8) is 0 Å². The number of pyridine rings is 1. The van der Waals surface area contributed by atoms with Crippen molar-refractivity contribution in [2.75, 3.05) is 0 Å². The molecule has 0 spiro atoms. The van der Waals surface area contributed by atoms with Crippen LogP contribution in [0.2, 0.25) is 0 Å². The second kappa shape index (κ2) is 6.86. The molecule has 0 radical (unpaired) electrons. The molecule has 3 aromatic heterocycles. The Labute approximate surface area is 185 Å². The Morgan fingerprint density at radius 3 is 2.52 bits per heavy atom. The minimum Gasteiger partial charge on any atom is -0.364 e. The molecule has 1 amide bonds. The van der Waals surface area contributed by atoms with Crippen molar-refractivity contribution < 1.29 is 4.79 Å². The zero-order valence-corrected chi connectivity index (χ0v) is 17.0. The summed E-state index contributed by atoms with van der Waals surface area (Å²) in [5.41, 5.74) is 9.91. The fourth-order valence-corrected chi connectivity index (χ4v) is 4.71. The lowest BCUT2D eigenvalue weighted by Crippen LogP contribution is -2.33. The molecule has 160 valence electrons. The highest BCUT2D eigenvalue weighted by atomic mass is 16.2. The van der Waals surface area contributed by atoms with Crippen LogP contribution in [0.5, 0.6) is 0 Å². The summed E-state index contributed by atoms with van der Waals surface area (Å²) >= 11 is 0. The van der Waals surface area contributed by atoms with Crippen LogP contribution in [0.25, 0.3) is 33.5 Å². The normalized spacial score (nSPS) is 14.2. The highest BCUT2D eigenvalue weighted by Gasteiger charge is 2.36. The van der Waals surface area contributed by atoms with E-state index in [9.17, 15) is 14.4 Å². The third kappa shape index (κ3) is 2.76. The van der Waals surface area contributed by atoms with E-state index in [1.165, 1.54) is 0 Å². The van der Waals surface area contributed by atoms with Crippen LogP contribution in [0.1, 0.15) is 33.1 Å². The third-order valence-electron chi connectivity index (χ3n) is 6.00. The Bertz CT molecular complexity index is 1680. The number of hydrogen-bond acceptors (Lipinski definition) is 5. The van der Waals surface area contributed by atoms with Crippen LogP contribution in [0.3, 0.4) is 0 Å². The largest absolute Gasteiger partial charge is 0.364 e. The number of imidazole rings is 1. The highest BCUT2D eigenvalue weighted by Crippen LogP contribution is 2.50. The van der Waals surface area contributed by atoms with Crippen molar-refractivity contribution >= 4 is 16.9 Å². The van der Waals surface area contributed by atoms with E-state index < -0.39 is 23.1 Å². The van der Waals surface area contributed by atoms with Crippen molar-refractivity contribution in [3.05, 3.63) is 104 Å².